The molecule has 0 spiro atoms. The summed E-state index contributed by atoms with van der Waals surface area (Å²) in [6, 6.07) is 17.2. The number of methoxy groups -OCH3 is 1. The molecule has 0 radical (unpaired) electrons. The molecule has 2 aromatic carbocycles. The number of phosphoric ester groups is 1. The Morgan fingerprint density at radius 1 is 1.28 bits per heavy atom. The highest BCUT2D eigenvalue weighted by molar-refractivity contribution is 7.47. The monoisotopic (exact) mass is 417 g/mol. The van der Waals surface area contributed by atoms with Crippen molar-refractivity contribution in [2.45, 2.75) is 32.4 Å². The molecule has 2 unspecified atom stereocenters. The van der Waals surface area contributed by atoms with Crippen molar-refractivity contribution < 1.29 is 23.2 Å². The molecule has 1 aliphatic heterocycles. The Morgan fingerprint density at radius 2 is 1.90 bits per heavy atom. The van der Waals surface area contributed by atoms with Gasteiger partial charge in [-0.15, -0.1) is 12.3 Å². The van der Waals surface area contributed by atoms with E-state index in [2.05, 4.69) is 5.92 Å². The Morgan fingerprint density at radius 3 is 2.52 bits per heavy atom. The summed E-state index contributed by atoms with van der Waals surface area (Å²) in [4.78, 5) is 9.47. The van der Waals surface area contributed by atoms with Crippen LogP contribution in [0.2, 0.25) is 0 Å². The van der Waals surface area contributed by atoms with E-state index in [0.29, 0.717) is 12.2 Å². The van der Waals surface area contributed by atoms with E-state index < -0.39 is 19.3 Å². The maximum Gasteiger partial charge on any atom is 0.472 e. The Bertz CT molecular complexity index is 878. The van der Waals surface area contributed by atoms with Crippen LogP contribution in [0.5, 0.6) is 5.75 Å². The SMILES string of the molecule is C#CC[C@@H](N)c1ccccc1.COc1ccccc1C1OP(=O)(O)OCC1(C)C. The van der Waals surface area contributed by atoms with Crippen LogP contribution in [0.1, 0.15) is 43.5 Å². The number of hydrogen-bond acceptors (Lipinski definition) is 5. The van der Waals surface area contributed by atoms with Gasteiger partial charge in [-0.3, -0.25) is 9.05 Å². The molecule has 0 amide bonds. The molecular weight excluding hydrogens is 389 g/mol. The normalized spacial score (nSPS) is 23.8. The van der Waals surface area contributed by atoms with Crippen LogP contribution < -0.4 is 10.5 Å². The molecule has 1 aliphatic rings. The molecule has 1 saturated heterocycles. The maximum atomic E-state index is 11.6. The lowest BCUT2D eigenvalue weighted by atomic mass is 9.83. The molecule has 0 aliphatic carbocycles. The van der Waals surface area contributed by atoms with Gasteiger partial charge in [0.25, 0.3) is 0 Å². The van der Waals surface area contributed by atoms with Gasteiger partial charge in [-0.25, -0.2) is 4.57 Å². The predicted octanol–water partition coefficient (Wildman–Crippen LogP) is 4.62. The second-order valence-corrected chi connectivity index (χ2v) is 8.79. The number of rotatable bonds is 4. The molecule has 156 valence electrons. The minimum absolute atomic E-state index is 0.0128. The summed E-state index contributed by atoms with van der Waals surface area (Å²) in [6.45, 7) is 4.00. The van der Waals surface area contributed by atoms with Gasteiger partial charge in [0.05, 0.1) is 13.7 Å². The van der Waals surface area contributed by atoms with Crippen LogP contribution in [-0.2, 0) is 13.6 Å². The van der Waals surface area contributed by atoms with E-state index >= 15 is 0 Å². The second kappa shape index (κ2) is 10.1. The third-order valence-corrected chi connectivity index (χ3v) is 5.47. The first-order valence-electron chi connectivity index (χ1n) is 9.23. The van der Waals surface area contributed by atoms with Crippen molar-refractivity contribution in [3.05, 3.63) is 65.7 Å². The van der Waals surface area contributed by atoms with Crippen molar-refractivity contribution in [1.29, 1.82) is 0 Å². The molecule has 3 N–H and O–H groups in total. The molecule has 3 atom stereocenters. The summed E-state index contributed by atoms with van der Waals surface area (Å²) >= 11 is 0. The third kappa shape index (κ3) is 6.43. The standard InChI is InChI=1S/C12H17O5P.C10H11N/c1-12(2)8-16-18(13,14)17-11(12)9-6-4-5-7-10(9)15-3;1-2-6-10(11)9-7-4-3-5-8-9/h4-7,11H,8H2,1-3H3,(H,13,14);1,3-5,7-8,10H,6,11H2/t;10-/m.1/s1. The van der Waals surface area contributed by atoms with Crippen molar-refractivity contribution >= 4 is 7.82 Å². The Labute approximate surface area is 172 Å². The lowest BCUT2D eigenvalue weighted by Gasteiger charge is -2.39. The second-order valence-electron chi connectivity index (χ2n) is 7.38. The van der Waals surface area contributed by atoms with Crippen molar-refractivity contribution in [1.82, 2.24) is 0 Å². The zero-order chi connectivity index (χ0) is 21.5. The molecule has 29 heavy (non-hydrogen) atoms. The van der Waals surface area contributed by atoms with Gasteiger partial charge in [-0.2, -0.15) is 0 Å². The van der Waals surface area contributed by atoms with Crippen LogP contribution in [0.4, 0.5) is 0 Å². The van der Waals surface area contributed by atoms with Gasteiger partial charge in [0.2, 0.25) is 0 Å². The average Bonchev–Trinajstić information content (AvgIpc) is 2.71. The lowest BCUT2D eigenvalue weighted by Crippen LogP contribution is -2.33. The van der Waals surface area contributed by atoms with Crippen LogP contribution in [0.25, 0.3) is 0 Å². The molecule has 1 fully saturated rings. The van der Waals surface area contributed by atoms with Crippen molar-refractivity contribution in [2.75, 3.05) is 13.7 Å². The Hall–Kier alpha value is -2.13. The van der Waals surface area contributed by atoms with Gasteiger partial charge >= 0.3 is 7.82 Å². The average molecular weight is 417 g/mol. The fourth-order valence-corrected chi connectivity index (χ4v) is 4.16. The fraction of sp³-hybridized carbons (Fsp3) is 0.364. The van der Waals surface area contributed by atoms with E-state index in [1.165, 1.54) is 0 Å². The molecular formula is C22H28NO5P. The van der Waals surface area contributed by atoms with Gasteiger partial charge in [-0.05, 0) is 11.6 Å². The number of terminal acetylenes is 1. The summed E-state index contributed by atoms with van der Waals surface area (Å²) in [5, 5.41) is 0. The van der Waals surface area contributed by atoms with Crippen molar-refractivity contribution in [3.63, 3.8) is 0 Å². The first kappa shape index (κ1) is 23.2. The summed E-state index contributed by atoms with van der Waals surface area (Å²) in [5.41, 5.74) is 7.21. The molecule has 0 bridgehead atoms. The number of nitrogens with two attached hydrogens (primary N) is 1. The van der Waals surface area contributed by atoms with Crippen LogP contribution in [0.15, 0.2) is 54.6 Å². The summed E-state index contributed by atoms with van der Waals surface area (Å²) in [7, 11) is -2.41. The summed E-state index contributed by atoms with van der Waals surface area (Å²) < 4.78 is 26.9. The topological polar surface area (TPSA) is 91.0 Å². The first-order valence-corrected chi connectivity index (χ1v) is 10.7. The Balaban J connectivity index is 0.000000234. The van der Waals surface area contributed by atoms with Crippen molar-refractivity contribution in [3.8, 4) is 18.1 Å². The van der Waals surface area contributed by atoms with Crippen LogP contribution in [-0.4, -0.2) is 18.6 Å². The van der Waals surface area contributed by atoms with E-state index in [-0.39, 0.29) is 12.6 Å². The highest BCUT2D eigenvalue weighted by Gasteiger charge is 2.45. The number of hydrogen-bond donors (Lipinski definition) is 2. The number of phosphoric acid groups is 1. The molecule has 3 rings (SSSR count). The van der Waals surface area contributed by atoms with E-state index in [1.807, 2.05) is 62.4 Å². The van der Waals surface area contributed by atoms with Gasteiger partial charge in [0.15, 0.2) is 0 Å². The third-order valence-electron chi connectivity index (χ3n) is 4.53. The Kier molecular flexibility index (Phi) is 8.04. The smallest absolute Gasteiger partial charge is 0.472 e. The minimum atomic E-state index is -3.97. The van der Waals surface area contributed by atoms with Crippen LogP contribution in [0.3, 0.4) is 0 Å². The maximum absolute atomic E-state index is 11.6. The largest absolute Gasteiger partial charge is 0.496 e. The highest BCUT2D eigenvalue weighted by atomic mass is 31.2. The van der Waals surface area contributed by atoms with Gasteiger partial charge in [-0.1, -0.05) is 62.4 Å². The van der Waals surface area contributed by atoms with E-state index in [4.69, 9.17) is 25.9 Å². The van der Waals surface area contributed by atoms with E-state index in [9.17, 15) is 9.46 Å². The van der Waals surface area contributed by atoms with Crippen molar-refractivity contribution in [2.24, 2.45) is 11.1 Å². The quantitative estimate of drug-likeness (QED) is 0.557. The zero-order valence-electron chi connectivity index (χ0n) is 16.9. The van der Waals surface area contributed by atoms with Gasteiger partial charge < -0.3 is 15.4 Å². The van der Waals surface area contributed by atoms with E-state index in [1.54, 1.807) is 13.2 Å². The molecule has 0 aromatic heterocycles. The van der Waals surface area contributed by atoms with Crippen LogP contribution >= 0.6 is 7.82 Å². The summed E-state index contributed by atoms with van der Waals surface area (Å²) in [6.07, 6.45) is 5.19. The molecule has 1 heterocycles. The predicted molar refractivity (Wildman–Crippen MR) is 113 cm³/mol. The van der Waals surface area contributed by atoms with E-state index in [0.717, 1.165) is 11.1 Å². The summed E-state index contributed by atoms with van der Waals surface area (Å²) in [5.74, 6) is 3.18. The number of para-hydroxylation sites is 1. The number of ether oxygens (including phenoxy) is 1. The van der Waals surface area contributed by atoms with Gasteiger partial charge in [0.1, 0.15) is 11.9 Å². The molecule has 7 heteroatoms. The van der Waals surface area contributed by atoms with Gasteiger partial charge in [0, 0.05) is 23.4 Å². The zero-order valence-corrected chi connectivity index (χ0v) is 17.8. The first-order chi connectivity index (χ1) is 13.7. The molecule has 0 saturated carbocycles. The highest BCUT2D eigenvalue weighted by Crippen LogP contribution is 2.59. The fourth-order valence-electron chi connectivity index (χ4n) is 2.94. The lowest BCUT2D eigenvalue weighted by molar-refractivity contribution is -0.0480. The molecule has 6 nitrogen and oxygen atoms in total. The minimum Gasteiger partial charge on any atom is -0.496 e. The number of benzene rings is 2. The molecule has 2 aromatic rings. The van der Waals surface area contributed by atoms with Crippen LogP contribution in [0, 0.1) is 17.8 Å².